The Labute approximate surface area is 200 Å². The smallest absolute Gasteiger partial charge is 0.281 e. The molecule has 10 nitrogen and oxygen atoms in total. The Hall–Kier alpha value is -0.510. The molecule has 7 atom stereocenters. The van der Waals surface area contributed by atoms with E-state index in [4.69, 9.17) is 0 Å². The molecule has 0 bridgehead atoms. The number of piperidine rings is 2. The van der Waals surface area contributed by atoms with Crippen LogP contribution in [0.1, 0.15) is 38.5 Å². The number of aliphatic hydroxyl groups is 5. The molecule has 0 radical (unpaired) electrons. The number of β-amino-alcohol motifs (C(OH)–C–C–N with tert-alkyl or cyclic N) is 2. The Morgan fingerprint density at radius 1 is 0.941 bits per heavy atom. The Morgan fingerprint density at radius 3 is 2.09 bits per heavy atom. The monoisotopic (exact) mass is 517 g/mol. The first-order valence-corrected chi connectivity index (χ1v) is 13.3. The maximum absolute atomic E-state index is 12.6. The van der Waals surface area contributed by atoms with E-state index in [2.05, 4.69) is 5.32 Å². The molecular formula is C21H41F2N3O7S. The summed E-state index contributed by atoms with van der Waals surface area (Å²) in [5, 5.41) is 51.5. The van der Waals surface area contributed by atoms with Crippen molar-refractivity contribution in [1.29, 1.82) is 0 Å². The van der Waals surface area contributed by atoms with Crippen LogP contribution in [-0.4, -0.2) is 120 Å². The Morgan fingerprint density at radius 2 is 1.53 bits per heavy atom. The summed E-state index contributed by atoms with van der Waals surface area (Å²) >= 11 is 0. The molecule has 3 rings (SSSR count). The normalized spacial score (nSPS) is 35.1. The third-order valence-electron chi connectivity index (χ3n) is 7.11. The minimum absolute atomic E-state index is 0.222. The first-order valence-electron chi connectivity index (χ1n) is 11.9. The highest BCUT2D eigenvalue weighted by atomic mass is 32.2. The van der Waals surface area contributed by atoms with E-state index in [0.29, 0.717) is 19.0 Å². The van der Waals surface area contributed by atoms with Gasteiger partial charge in [0.1, 0.15) is 0 Å². The van der Waals surface area contributed by atoms with Crippen molar-refractivity contribution >= 4 is 10.2 Å². The van der Waals surface area contributed by atoms with Gasteiger partial charge in [0.25, 0.3) is 10.2 Å². The van der Waals surface area contributed by atoms with E-state index in [9.17, 15) is 42.7 Å². The molecule has 0 aromatic heterocycles. The Balaban J connectivity index is 0.000000240. The van der Waals surface area contributed by atoms with Gasteiger partial charge in [-0.3, -0.25) is 0 Å². The van der Waals surface area contributed by atoms with Crippen LogP contribution >= 0.6 is 0 Å². The molecule has 2 aliphatic heterocycles. The van der Waals surface area contributed by atoms with E-state index in [1.54, 1.807) is 0 Å². The fourth-order valence-corrected chi connectivity index (χ4v) is 6.06. The third-order valence-corrected chi connectivity index (χ3v) is 8.98. The van der Waals surface area contributed by atoms with Crippen LogP contribution in [0.2, 0.25) is 0 Å². The summed E-state index contributed by atoms with van der Waals surface area (Å²) in [6, 6.07) is 0. The molecule has 3 aliphatic rings. The molecule has 1 unspecified atom stereocenters. The highest BCUT2D eigenvalue weighted by Crippen LogP contribution is 2.30. The van der Waals surface area contributed by atoms with Crippen molar-refractivity contribution in [3.63, 3.8) is 0 Å². The average molecular weight is 518 g/mol. The lowest BCUT2D eigenvalue weighted by atomic mass is 9.80. The molecule has 13 heteroatoms. The van der Waals surface area contributed by atoms with Crippen LogP contribution in [0.15, 0.2) is 0 Å². The van der Waals surface area contributed by atoms with Gasteiger partial charge in [-0.15, -0.1) is 0 Å². The minimum atomic E-state index is -3.86. The number of halogens is 2. The van der Waals surface area contributed by atoms with Gasteiger partial charge >= 0.3 is 0 Å². The Kier molecular flexibility index (Phi) is 11.5. The van der Waals surface area contributed by atoms with Crippen molar-refractivity contribution in [2.24, 2.45) is 17.8 Å². The van der Waals surface area contributed by atoms with E-state index in [1.807, 2.05) is 0 Å². The van der Waals surface area contributed by atoms with E-state index in [1.165, 1.54) is 46.2 Å². The van der Waals surface area contributed by atoms with Crippen LogP contribution in [0, 0.1) is 17.8 Å². The summed E-state index contributed by atoms with van der Waals surface area (Å²) < 4.78 is 50.3. The van der Waals surface area contributed by atoms with Crippen molar-refractivity contribution in [3.05, 3.63) is 0 Å². The molecule has 2 saturated heterocycles. The first kappa shape index (κ1) is 29.7. The van der Waals surface area contributed by atoms with Crippen LogP contribution in [0.3, 0.4) is 0 Å². The number of nitrogens with zero attached hydrogens (tertiary/aromatic N) is 2. The standard InChI is InChI=1S/C13H25NO3.C8H16F2N2O4S/c15-11(6-9-4-2-1-3-5-9)10-7-14-8-12(16)13(10)17;1-11(2)17(15,16)12-3-5(8(9)10)7(14)6(13)4-12/h9-17H,1-8H2;5-8,13-14H,3-4H2,1-2H3/t10-,11?,12-,13-;5-,6+,7+/m10/s1. The number of alkyl halides is 2. The lowest BCUT2D eigenvalue weighted by Gasteiger charge is -2.38. The van der Waals surface area contributed by atoms with Gasteiger partial charge in [-0.25, -0.2) is 8.78 Å². The van der Waals surface area contributed by atoms with Crippen molar-refractivity contribution in [3.8, 4) is 0 Å². The SMILES string of the molecule is CN(C)S(=O)(=O)N1C[C@@H](O)[C@H](O)[C@@H](C(F)F)C1.OC(CC1CCCCC1)[C@H]1CNC[C@@H](O)[C@@H]1O. The maximum atomic E-state index is 12.6. The van der Waals surface area contributed by atoms with Gasteiger partial charge in [0.15, 0.2) is 0 Å². The summed E-state index contributed by atoms with van der Waals surface area (Å²) in [6.45, 7) is 0.140. The summed E-state index contributed by atoms with van der Waals surface area (Å²) in [7, 11) is -1.32. The van der Waals surface area contributed by atoms with Crippen LogP contribution in [-0.2, 0) is 10.2 Å². The number of nitrogens with one attached hydrogen (secondary N) is 1. The van der Waals surface area contributed by atoms with Gasteiger partial charge in [-0.2, -0.15) is 17.0 Å². The zero-order chi connectivity index (χ0) is 25.6. The first-order chi connectivity index (χ1) is 15.9. The zero-order valence-electron chi connectivity index (χ0n) is 19.9. The van der Waals surface area contributed by atoms with E-state index in [-0.39, 0.29) is 12.5 Å². The molecule has 202 valence electrons. The lowest BCUT2D eigenvalue weighted by molar-refractivity contribution is -0.102. The molecule has 0 spiro atoms. The lowest BCUT2D eigenvalue weighted by Crippen LogP contribution is -2.57. The number of rotatable bonds is 6. The van der Waals surface area contributed by atoms with Crippen molar-refractivity contribution in [2.75, 3.05) is 40.3 Å². The summed E-state index contributed by atoms with van der Waals surface area (Å²) in [5.41, 5.74) is 0. The van der Waals surface area contributed by atoms with Gasteiger partial charge in [0.2, 0.25) is 6.43 Å². The number of aliphatic hydroxyl groups excluding tert-OH is 5. The highest BCUT2D eigenvalue weighted by Gasteiger charge is 2.44. The molecule has 6 N–H and O–H groups in total. The largest absolute Gasteiger partial charge is 0.393 e. The second-order valence-corrected chi connectivity index (χ2v) is 12.0. The maximum Gasteiger partial charge on any atom is 0.281 e. The van der Waals surface area contributed by atoms with Crippen molar-refractivity contribution < 1.29 is 42.7 Å². The van der Waals surface area contributed by atoms with Crippen LogP contribution in [0.4, 0.5) is 8.78 Å². The van der Waals surface area contributed by atoms with Gasteiger partial charge < -0.3 is 30.8 Å². The van der Waals surface area contributed by atoms with Crippen molar-refractivity contribution in [2.45, 2.75) is 75.5 Å². The summed E-state index contributed by atoms with van der Waals surface area (Å²) in [5.74, 6) is -1.20. The molecule has 3 fully saturated rings. The Bertz CT molecular complexity index is 712. The van der Waals surface area contributed by atoms with Gasteiger partial charge in [-0.05, 0) is 12.3 Å². The topological polar surface area (TPSA) is 154 Å². The molecule has 2 heterocycles. The average Bonchev–Trinajstić information content (AvgIpc) is 2.78. The van der Waals surface area contributed by atoms with Crippen molar-refractivity contribution in [1.82, 2.24) is 13.9 Å². The highest BCUT2D eigenvalue weighted by molar-refractivity contribution is 7.86. The quantitative estimate of drug-likeness (QED) is 0.262. The van der Waals surface area contributed by atoms with Crippen LogP contribution in [0.5, 0.6) is 0 Å². The molecule has 1 aliphatic carbocycles. The molecule has 34 heavy (non-hydrogen) atoms. The molecule has 0 aromatic carbocycles. The zero-order valence-corrected chi connectivity index (χ0v) is 20.7. The molecule has 0 amide bonds. The fourth-order valence-electron chi connectivity index (χ4n) is 4.90. The van der Waals surface area contributed by atoms with E-state index >= 15 is 0 Å². The number of hydrogen-bond donors (Lipinski definition) is 6. The van der Waals surface area contributed by atoms with Gasteiger partial charge in [-0.1, -0.05) is 32.1 Å². The second kappa shape index (κ2) is 13.2. The van der Waals surface area contributed by atoms with Crippen LogP contribution in [0.25, 0.3) is 0 Å². The van der Waals surface area contributed by atoms with Gasteiger partial charge in [0, 0.05) is 46.2 Å². The predicted octanol–water partition coefficient (Wildman–Crippen LogP) is -1.03. The van der Waals surface area contributed by atoms with Crippen LogP contribution < -0.4 is 5.32 Å². The second-order valence-electron chi connectivity index (χ2n) is 9.85. The van der Waals surface area contributed by atoms with E-state index in [0.717, 1.165) is 15.0 Å². The molecule has 0 aromatic rings. The summed E-state index contributed by atoms with van der Waals surface area (Å²) in [6.07, 6.45) is -0.974. The fraction of sp³-hybridized carbons (Fsp3) is 1.00. The molecule has 1 saturated carbocycles. The van der Waals surface area contributed by atoms with Gasteiger partial charge in [0.05, 0.1) is 36.4 Å². The third kappa shape index (κ3) is 7.74. The number of hydrogen-bond acceptors (Lipinski definition) is 8. The summed E-state index contributed by atoms with van der Waals surface area (Å²) in [4.78, 5) is 0. The molecular weight excluding hydrogens is 476 g/mol. The predicted molar refractivity (Wildman–Crippen MR) is 121 cm³/mol. The minimum Gasteiger partial charge on any atom is -0.393 e. The van der Waals surface area contributed by atoms with E-state index < -0.39 is 59.6 Å².